The number of dihydropyridines is 1. The fourth-order valence-corrected chi connectivity index (χ4v) is 1.39. The molecule has 0 spiro atoms. The van der Waals surface area contributed by atoms with Crippen molar-refractivity contribution in [3.8, 4) is 6.07 Å². The van der Waals surface area contributed by atoms with Gasteiger partial charge >= 0.3 is 0 Å². The predicted molar refractivity (Wildman–Crippen MR) is 53.9 cm³/mol. The lowest BCUT2D eigenvalue weighted by Crippen LogP contribution is -2.25. The summed E-state index contributed by atoms with van der Waals surface area (Å²) < 4.78 is 0. The van der Waals surface area contributed by atoms with Crippen LogP contribution in [0.2, 0.25) is 0 Å². The fourth-order valence-electron chi connectivity index (χ4n) is 1.39. The van der Waals surface area contributed by atoms with Gasteiger partial charge in [-0.1, -0.05) is 12.1 Å². The molecule has 3 nitrogen and oxygen atoms in total. The molecule has 1 aromatic rings. The number of nitrogens with one attached hydrogen (secondary N) is 1. The number of hydrogen-bond acceptors (Lipinski definition) is 3. The number of nitrogens with zero attached hydrogens (tertiary/aromatic N) is 2. The Morgan fingerprint density at radius 1 is 1.50 bits per heavy atom. The summed E-state index contributed by atoms with van der Waals surface area (Å²) >= 11 is 0. The van der Waals surface area contributed by atoms with Crippen molar-refractivity contribution in [2.75, 3.05) is 0 Å². The predicted octanol–water partition coefficient (Wildman–Crippen LogP) is 1.47. The Labute approximate surface area is 82.4 Å². The number of rotatable bonds is 1. The summed E-state index contributed by atoms with van der Waals surface area (Å²) in [6.45, 7) is 0. The van der Waals surface area contributed by atoms with E-state index in [1.54, 1.807) is 18.6 Å². The maximum absolute atomic E-state index is 8.92. The monoisotopic (exact) mass is 183 g/mol. The highest BCUT2D eigenvalue weighted by Gasteiger charge is 2.14. The van der Waals surface area contributed by atoms with E-state index in [1.165, 1.54) is 0 Å². The van der Waals surface area contributed by atoms with Gasteiger partial charge in [0.2, 0.25) is 0 Å². The summed E-state index contributed by atoms with van der Waals surface area (Å²) in [7, 11) is 0. The molecule has 0 saturated carbocycles. The average Bonchev–Trinajstić information content (AvgIpc) is 2.30. The van der Waals surface area contributed by atoms with Crippen molar-refractivity contribution in [2.45, 2.75) is 6.04 Å². The number of aromatic nitrogens is 1. The summed E-state index contributed by atoms with van der Waals surface area (Å²) in [5, 5.41) is 11.9. The molecule has 0 amide bonds. The van der Waals surface area contributed by atoms with Crippen LogP contribution in [0.15, 0.2) is 42.9 Å². The smallest absolute Gasteiger partial charge is 0.140 e. The van der Waals surface area contributed by atoms with Gasteiger partial charge in [-0.05, 0) is 29.5 Å². The van der Waals surface area contributed by atoms with Gasteiger partial charge in [0.05, 0.1) is 6.07 Å². The maximum atomic E-state index is 8.92. The standard InChI is InChI=1S/C11H9N3/c12-7-11-10(4-2-6-14-11)9-3-1-5-13-8-9/h1-6,8,11,14H. The summed E-state index contributed by atoms with van der Waals surface area (Å²) in [4.78, 5) is 4.03. The van der Waals surface area contributed by atoms with Gasteiger partial charge in [0.1, 0.15) is 6.04 Å². The molecule has 0 saturated heterocycles. The Kier molecular flexibility index (Phi) is 2.28. The highest BCUT2D eigenvalue weighted by Crippen LogP contribution is 2.19. The lowest BCUT2D eigenvalue weighted by atomic mass is 9.99. The third-order valence-corrected chi connectivity index (χ3v) is 2.07. The minimum Gasteiger partial charge on any atom is -0.372 e. The van der Waals surface area contributed by atoms with E-state index in [-0.39, 0.29) is 6.04 Å². The molecule has 0 fully saturated rings. The summed E-state index contributed by atoms with van der Waals surface area (Å²) in [6, 6.07) is 5.73. The van der Waals surface area contributed by atoms with Crippen LogP contribution >= 0.6 is 0 Å². The van der Waals surface area contributed by atoms with Crippen molar-refractivity contribution in [3.05, 3.63) is 48.4 Å². The second-order valence-corrected chi connectivity index (χ2v) is 2.95. The Morgan fingerprint density at radius 2 is 2.43 bits per heavy atom. The minimum atomic E-state index is -0.274. The van der Waals surface area contributed by atoms with Gasteiger partial charge in [-0.2, -0.15) is 5.26 Å². The zero-order valence-corrected chi connectivity index (χ0v) is 7.51. The molecule has 2 heterocycles. The molecule has 1 N–H and O–H groups in total. The molecule has 68 valence electrons. The van der Waals surface area contributed by atoms with Gasteiger partial charge in [0.25, 0.3) is 0 Å². The highest BCUT2D eigenvalue weighted by molar-refractivity contribution is 5.73. The van der Waals surface area contributed by atoms with E-state index >= 15 is 0 Å². The number of hydrogen-bond donors (Lipinski definition) is 1. The van der Waals surface area contributed by atoms with Gasteiger partial charge in [-0.3, -0.25) is 4.98 Å². The van der Waals surface area contributed by atoms with Crippen molar-refractivity contribution in [1.82, 2.24) is 10.3 Å². The highest BCUT2D eigenvalue weighted by atomic mass is 14.9. The lowest BCUT2D eigenvalue weighted by molar-refractivity contribution is 0.856. The van der Waals surface area contributed by atoms with Crippen LogP contribution in [-0.2, 0) is 0 Å². The molecule has 1 aliphatic rings. The lowest BCUT2D eigenvalue weighted by Gasteiger charge is -2.16. The third-order valence-electron chi connectivity index (χ3n) is 2.07. The van der Waals surface area contributed by atoms with E-state index in [9.17, 15) is 0 Å². The van der Waals surface area contributed by atoms with Gasteiger partial charge in [-0.15, -0.1) is 0 Å². The van der Waals surface area contributed by atoms with Crippen molar-refractivity contribution in [3.63, 3.8) is 0 Å². The first-order valence-corrected chi connectivity index (χ1v) is 4.34. The summed E-state index contributed by atoms with van der Waals surface area (Å²) in [6.07, 6.45) is 9.07. The second-order valence-electron chi connectivity index (χ2n) is 2.95. The molecule has 3 heteroatoms. The van der Waals surface area contributed by atoms with Crippen molar-refractivity contribution in [2.24, 2.45) is 0 Å². The van der Waals surface area contributed by atoms with Gasteiger partial charge in [-0.25, -0.2) is 0 Å². The van der Waals surface area contributed by atoms with Gasteiger partial charge < -0.3 is 5.32 Å². The Balaban J connectivity index is 2.38. The molecular formula is C11H9N3. The average molecular weight is 183 g/mol. The molecule has 0 bridgehead atoms. The van der Waals surface area contributed by atoms with Crippen LogP contribution in [0.4, 0.5) is 0 Å². The number of allylic oxidation sites excluding steroid dienone is 2. The maximum Gasteiger partial charge on any atom is 0.140 e. The van der Waals surface area contributed by atoms with E-state index in [4.69, 9.17) is 5.26 Å². The zero-order valence-electron chi connectivity index (χ0n) is 7.51. The van der Waals surface area contributed by atoms with E-state index in [1.807, 2.05) is 24.3 Å². The summed E-state index contributed by atoms with van der Waals surface area (Å²) in [5.74, 6) is 0. The third kappa shape index (κ3) is 1.50. The minimum absolute atomic E-state index is 0.274. The molecule has 0 aromatic carbocycles. The molecule has 1 atom stereocenters. The van der Waals surface area contributed by atoms with Crippen LogP contribution < -0.4 is 5.32 Å². The van der Waals surface area contributed by atoms with Crippen molar-refractivity contribution < 1.29 is 0 Å². The van der Waals surface area contributed by atoms with Crippen LogP contribution in [-0.4, -0.2) is 11.0 Å². The first kappa shape index (κ1) is 8.52. The van der Waals surface area contributed by atoms with Crippen molar-refractivity contribution >= 4 is 5.57 Å². The SMILES string of the molecule is N#CC1NC=CC=C1c1cccnc1. The van der Waals surface area contributed by atoms with Crippen LogP contribution in [0.3, 0.4) is 0 Å². The van der Waals surface area contributed by atoms with E-state index in [0.717, 1.165) is 11.1 Å². The molecular weight excluding hydrogens is 174 g/mol. The molecule has 0 radical (unpaired) electrons. The first-order valence-electron chi connectivity index (χ1n) is 4.34. The second kappa shape index (κ2) is 3.75. The van der Waals surface area contributed by atoms with E-state index < -0.39 is 0 Å². The molecule has 0 aliphatic carbocycles. The molecule has 2 rings (SSSR count). The molecule has 1 aliphatic heterocycles. The zero-order chi connectivity index (χ0) is 9.80. The number of pyridine rings is 1. The molecule has 1 unspecified atom stereocenters. The fraction of sp³-hybridized carbons (Fsp3) is 0.0909. The van der Waals surface area contributed by atoms with E-state index in [0.29, 0.717) is 0 Å². The van der Waals surface area contributed by atoms with Crippen LogP contribution in [0, 0.1) is 11.3 Å². The van der Waals surface area contributed by atoms with Gasteiger partial charge in [0.15, 0.2) is 0 Å². The Bertz CT molecular complexity index is 412. The first-order chi connectivity index (χ1) is 6.92. The Morgan fingerprint density at radius 3 is 3.14 bits per heavy atom. The topological polar surface area (TPSA) is 48.7 Å². The summed E-state index contributed by atoms with van der Waals surface area (Å²) in [5.41, 5.74) is 1.94. The van der Waals surface area contributed by atoms with Crippen molar-refractivity contribution in [1.29, 1.82) is 5.26 Å². The van der Waals surface area contributed by atoms with E-state index in [2.05, 4.69) is 16.4 Å². The van der Waals surface area contributed by atoms with Crippen LogP contribution in [0.1, 0.15) is 5.56 Å². The van der Waals surface area contributed by atoms with Gasteiger partial charge in [0, 0.05) is 12.4 Å². The molecule has 1 aromatic heterocycles. The normalized spacial score (nSPS) is 19.4. The quantitative estimate of drug-likeness (QED) is 0.717. The largest absolute Gasteiger partial charge is 0.372 e. The number of nitriles is 1. The van der Waals surface area contributed by atoms with Crippen LogP contribution in [0.5, 0.6) is 0 Å². The van der Waals surface area contributed by atoms with Crippen LogP contribution in [0.25, 0.3) is 5.57 Å². The molecule has 14 heavy (non-hydrogen) atoms. The Hall–Kier alpha value is -2.08.